The topological polar surface area (TPSA) is 75.6 Å². The van der Waals surface area contributed by atoms with E-state index in [4.69, 9.17) is 11.6 Å². The summed E-state index contributed by atoms with van der Waals surface area (Å²) in [6.45, 7) is 1.34. The Bertz CT molecular complexity index is 727. The van der Waals surface area contributed by atoms with E-state index in [-0.39, 0.29) is 23.8 Å². The third-order valence-corrected chi connectivity index (χ3v) is 3.25. The number of ketones is 1. The lowest BCUT2D eigenvalue weighted by molar-refractivity contribution is -0.114. The van der Waals surface area contributed by atoms with Crippen LogP contribution in [0.15, 0.2) is 47.6 Å². The molecule has 2 aromatic rings. The minimum Gasteiger partial charge on any atom is -0.324 e. The number of amides is 1. The van der Waals surface area contributed by atoms with Gasteiger partial charge >= 0.3 is 0 Å². The van der Waals surface area contributed by atoms with E-state index in [9.17, 15) is 14.5 Å². The van der Waals surface area contributed by atoms with Crippen LogP contribution in [-0.4, -0.2) is 11.7 Å². The average Bonchev–Trinajstić information content (AvgIpc) is 2.49. The van der Waals surface area contributed by atoms with E-state index >= 15 is 0 Å². The summed E-state index contributed by atoms with van der Waals surface area (Å²) in [7, 11) is 0. The molecule has 0 unspecified atom stereocenters. The van der Waals surface area contributed by atoms with Crippen LogP contribution in [0.25, 0.3) is 0 Å². The second-order valence-electron chi connectivity index (χ2n) is 4.73. The second-order valence-corrected chi connectivity index (χ2v) is 5.17. The van der Waals surface area contributed by atoms with Gasteiger partial charge in [-0.3, -0.25) is 9.59 Å². The van der Waals surface area contributed by atoms with Crippen molar-refractivity contribution in [3.63, 3.8) is 0 Å². The van der Waals surface area contributed by atoms with Crippen LogP contribution in [0.4, 0.5) is 11.4 Å². The zero-order valence-electron chi connectivity index (χ0n) is 11.8. The number of halogens is 1. The zero-order valence-corrected chi connectivity index (χ0v) is 12.6. The molecule has 6 heteroatoms. The van der Waals surface area contributed by atoms with E-state index in [1.54, 1.807) is 36.4 Å². The molecule has 22 heavy (non-hydrogen) atoms. The number of nitroso groups, excluding NO2 is 1. The Kier molecular flexibility index (Phi) is 5.01. The van der Waals surface area contributed by atoms with Crippen LogP contribution in [0, 0.1) is 4.91 Å². The highest BCUT2D eigenvalue weighted by atomic mass is 35.5. The lowest BCUT2D eigenvalue weighted by Gasteiger charge is -2.07. The number of carbonyl (C=O) groups is 2. The zero-order chi connectivity index (χ0) is 16.1. The molecule has 2 aromatic carbocycles. The molecule has 0 heterocycles. The molecule has 0 radical (unpaired) electrons. The van der Waals surface area contributed by atoms with Gasteiger partial charge in [0.15, 0.2) is 5.78 Å². The van der Waals surface area contributed by atoms with E-state index in [1.807, 2.05) is 0 Å². The molecule has 0 fully saturated rings. The van der Waals surface area contributed by atoms with Crippen molar-refractivity contribution in [2.75, 3.05) is 5.32 Å². The summed E-state index contributed by atoms with van der Waals surface area (Å²) in [6.07, 6.45) is 0.129. The molecule has 112 valence electrons. The lowest BCUT2D eigenvalue weighted by Crippen LogP contribution is -2.07. The van der Waals surface area contributed by atoms with Crippen molar-refractivity contribution in [3.05, 3.63) is 63.5 Å². The minimum atomic E-state index is -0.296. The van der Waals surface area contributed by atoms with Crippen molar-refractivity contribution in [1.29, 1.82) is 0 Å². The smallest absolute Gasteiger partial charge is 0.221 e. The van der Waals surface area contributed by atoms with Crippen LogP contribution in [-0.2, 0) is 11.2 Å². The molecule has 0 aliphatic carbocycles. The first-order valence-corrected chi connectivity index (χ1v) is 6.90. The van der Waals surface area contributed by atoms with Crippen molar-refractivity contribution in [2.24, 2.45) is 5.18 Å². The van der Waals surface area contributed by atoms with Gasteiger partial charge in [-0.1, -0.05) is 17.7 Å². The monoisotopic (exact) mass is 316 g/mol. The van der Waals surface area contributed by atoms with Gasteiger partial charge in [-0.15, -0.1) is 4.91 Å². The lowest BCUT2D eigenvalue weighted by atomic mass is 10.0. The molecule has 0 saturated carbocycles. The fraction of sp³-hybridized carbons (Fsp3) is 0.125. The summed E-state index contributed by atoms with van der Waals surface area (Å²) in [4.78, 5) is 34.1. The number of rotatable bonds is 5. The molecule has 2 rings (SSSR count). The Hall–Kier alpha value is -2.53. The molecule has 0 aliphatic heterocycles. The standard InChI is InChI=1S/C16H13ClN2O3/c1-10(20)18-14-7-2-11(8-15(14)19-22)9-16(21)12-3-5-13(17)6-4-12/h2-8H,9H2,1H3,(H,18,20). The van der Waals surface area contributed by atoms with Crippen molar-refractivity contribution in [3.8, 4) is 0 Å². The largest absolute Gasteiger partial charge is 0.324 e. The number of Topliss-reactive ketones (excluding diaryl/α,β-unsaturated/α-hetero) is 1. The summed E-state index contributed by atoms with van der Waals surface area (Å²) in [6, 6.07) is 11.3. The van der Waals surface area contributed by atoms with Gasteiger partial charge in [0, 0.05) is 23.9 Å². The fourth-order valence-corrected chi connectivity index (χ4v) is 2.11. The quantitative estimate of drug-likeness (QED) is 0.666. The van der Waals surface area contributed by atoms with Crippen molar-refractivity contribution in [2.45, 2.75) is 13.3 Å². The molecule has 5 nitrogen and oxygen atoms in total. The molecule has 1 N–H and O–H groups in total. The normalized spacial score (nSPS) is 10.1. The summed E-state index contributed by atoms with van der Waals surface area (Å²) in [5.74, 6) is -0.393. The van der Waals surface area contributed by atoms with Crippen LogP contribution in [0.3, 0.4) is 0 Å². The minimum absolute atomic E-state index is 0.0941. The Morgan fingerprint density at radius 1 is 1.14 bits per heavy atom. The summed E-state index contributed by atoms with van der Waals surface area (Å²) < 4.78 is 0. The van der Waals surface area contributed by atoms with Crippen LogP contribution in [0.2, 0.25) is 5.02 Å². The Morgan fingerprint density at radius 3 is 2.41 bits per heavy atom. The Labute approximate surface area is 132 Å². The van der Waals surface area contributed by atoms with Crippen LogP contribution < -0.4 is 5.32 Å². The number of carbonyl (C=O) groups excluding carboxylic acids is 2. The first-order valence-electron chi connectivity index (χ1n) is 6.52. The van der Waals surface area contributed by atoms with Gasteiger partial charge in [0.1, 0.15) is 5.69 Å². The number of nitrogens with zero attached hydrogens (tertiary/aromatic N) is 1. The summed E-state index contributed by atoms with van der Waals surface area (Å²) in [5.41, 5.74) is 1.60. The van der Waals surface area contributed by atoms with E-state index in [1.165, 1.54) is 13.0 Å². The maximum Gasteiger partial charge on any atom is 0.221 e. The Balaban J connectivity index is 2.19. The molecular weight excluding hydrogens is 304 g/mol. The average molecular weight is 317 g/mol. The van der Waals surface area contributed by atoms with E-state index < -0.39 is 0 Å². The Morgan fingerprint density at radius 2 is 1.82 bits per heavy atom. The fourth-order valence-electron chi connectivity index (χ4n) is 1.98. The van der Waals surface area contributed by atoms with E-state index in [2.05, 4.69) is 10.5 Å². The maximum absolute atomic E-state index is 12.2. The van der Waals surface area contributed by atoms with Crippen molar-refractivity contribution < 1.29 is 9.59 Å². The first kappa shape index (κ1) is 15.9. The number of nitrogens with one attached hydrogen (secondary N) is 1. The molecule has 0 saturated heterocycles. The van der Waals surface area contributed by atoms with Gasteiger partial charge in [-0.25, -0.2) is 0 Å². The first-order chi connectivity index (χ1) is 10.5. The molecule has 0 aromatic heterocycles. The van der Waals surface area contributed by atoms with Gasteiger partial charge < -0.3 is 5.32 Å². The number of hydrogen-bond acceptors (Lipinski definition) is 4. The summed E-state index contributed by atoms with van der Waals surface area (Å²) >= 11 is 5.78. The predicted octanol–water partition coefficient (Wildman–Crippen LogP) is 4.12. The third kappa shape index (κ3) is 3.99. The van der Waals surface area contributed by atoms with Crippen molar-refractivity contribution >= 4 is 34.7 Å². The molecule has 1 amide bonds. The molecular formula is C16H13ClN2O3. The van der Waals surface area contributed by atoms with Crippen LogP contribution >= 0.6 is 11.6 Å². The van der Waals surface area contributed by atoms with E-state index in [0.717, 1.165) is 0 Å². The molecule has 0 spiro atoms. The molecule has 0 aliphatic rings. The van der Waals surface area contributed by atoms with Crippen molar-refractivity contribution in [1.82, 2.24) is 0 Å². The van der Waals surface area contributed by atoms with Gasteiger partial charge in [0.2, 0.25) is 5.91 Å². The van der Waals surface area contributed by atoms with E-state index in [0.29, 0.717) is 21.8 Å². The van der Waals surface area contributed by atoms with Gasteiger partial charge in [0.05, 0.1) is 5.69 Å². The van der Waals surface area contributed by atoms with Crippen LogP contribution in [0.1, 0.15) is 22.8 Å². The maximum atomic E-state index is 12.2. The number of hydrogen-bond donors (Lipinski definition) is 1. The molecule has 0 atom stereocenters. The summed E-state index contributed by atoms with van der Waals surface area (Å²) in [5, 5.41) is 5.95. The highest BCUT2D eigenvalue weighted by Gasteiger charge is 2.10. The third-order valence-electron chi connectivity index (χ3n) is 3.00. The van der Waals surface area contributed by atoms with Crippen LogP contribution in [0.5, 0.6) is 0 Å². The highest BCUT2D eigenvalue weighted by molar-refractivity contribution is 6.30. The highest BCUT2D eigenvalue weighted by Crippen LogP contribution is 2.26. The van der Waals surface area contributed by atoms with Gasteiger partial charge in [-0.05, 0) is 47.1 Å². The van der Waals surface area contributed by atoms with Gasteiger partial charge in [-0.2, -0.15) is 0 Å². The van der Waals surface area contributed by atoms with Gasteiger partial charge in [0.25, 0.3) is 0 Å². The molecule has 0 bridgehead atoms. The number of benzene rings is 2. The number of anilines is 1. The second kappa shape index (κ2) is 6.95. The predicted molar refractivity (Wildman–Crippen MR) is 85.7 cm³/mol. The SMILES string of the molecule is CC(=O)Nc1ccc(CC(=O)c2ccc(Cl)cc2)cc1N=O.